The summed E-state index contributed by atoms with van der Waals surface area (Å²) in [6, 6.07) is 12.6. The van der Waals surface area contributed by atoms with Gasteiger partial charge in [0.15, 0.2) is 17.3 Å². The van der Waals surface area contributed by atoms with Crippen molar-refractivity contribution in [3.05, 3.63) is 77.1 Å². The molecule has 0 radical (unpaired) electrons. The van der Waals surface area contributed by atoms with Crippen LogP contribution in [0.5, 0.6) is 17.2 Å². The Kier molecular flexibility index (Phi) is 6.87. The van der Waals surface area contributed by atoms with Crippen molar-refractivity contribution in [2.45, 2.75) is 44.6 Å². The summed E-state index contributed by atoms with van der Waals surface area (Å²) < 4.78 is 16.1. The summed E-state index contributed by atoms with van der Waals surface area (Å²) in [6.07, 6.45) is 0.600. The highest BCUT2D eigenvalue weighted by molar-refractivity contribution is 6.01. The van der Waals surface area contributed by atoms with Crippen LogP contribution in [0.15, 0.2) is 66.0 Å². The molecule has 0 aromatic heterocycles. The van der Waals surface area contributed by atoms with E-state index < -0.39 is 17.8 Å². The van der Waals surface area contributed by atoms with Crippen LogP contribution in [0.3, 0.4) is 0 Å². The van der Waals surface area contributed by atoms with Crippen molar-refractivity contribution in [3.63, 3.8) is 0 Å². The van der Waals surface area contributed by atoms with E-state index in [1.54, 1.807) is 33.1 Å². The van der Waals surface area contributed by atoms with E-state index in [1.807, 2.05) is 24.3 Å². The highest BCUT2D eigenvalue weighted by Crippen LogP contribution is 2.48. The number of phenolic OH excluding ortho intramolecular Hbond substituents is 1. The highest BCUT2D eigenvalue weighted by atomic mass is 16.5. The van der Waals surface area contributed by atoms with Crippen LogP contribution in [0.2, 0.25) is 0 Å². The molecular weight excluding hydrogens is 446 g/mol. The average Bonchev–Trinajstić information content (AvgIpc) is 2.83. The lowest BCUT2D eigenvalue weighted by molar-refractivity contribution is -0.151. The van der Waals surface area contributed by atoms with Gasteiger partial charge >= 0.3 is 5.97 Å². The Morgan fingerprint density at radius 1 is 1.06 bits per heavy atom. The van der Waals surface area contributed by atoms with Crippen LogP contribution in [0.25, 0.3) is 0 Å². The van der Waals surface area contributed by atoms with Gasteiger partial charge in [-0.25, -0.2) is 0 Å². The summed E-state index contributed by atoms with van der Waals surface area (Å²) in [7, 11) is 3.08. The largest absolute Gasteiger partial charge is 0.504 e. The second-order valence-corrected chi connectivity index (χ2v) is 9.22. The second kappa shape index (κ2) is 9.86. The molecule has 2 aliphatic rings. The minimum Gasteiger partial charge on any atom is -0.504 e. The second-order valence-electron chi connectivity index (χ2n) is 9.22. The lowest BCUT2D eigenvalue weighted by Gasteiger charge is -2.40. The third kappa shape index (κ3) is 4.76. The number of hydrogen-bond acceptors (Lipinski definition) is 7. The van der Waals surface area contributed by atoms with Gasteiger partial charge in [-0.2, -0.15) is 0 Å². The summed E-state index contributed by atoms with van der Waals surface area (Å²) in [5.41, 5.74) is 3.52. The first-order valence-corrected chi connectivity index (χ1v) is 11.7. The lowest BCUT2D eigenvalue weighted by Crippen LogP contribution is -2.42. The Hall–Kier alpha value is -3.74. The standard InChI is InChI=1S/C28H31NO6/c1-15(2)35-28(32)25-16(3)29-21-12-19(17-6-9-20(33-4)10-7-17)13-23(31)27(21)26(25)18-8-11-22(30)24(14-18)34-5/h6-11,14-15,19,25-26,29-30H,3,12-13H2,1-2,4-5H3. The van der Waals surface area contributed by atoms with Crippen molar-refractivity contribution < 1.29 is 28.9 Å². The minimum absolute atomic E-state index is 0.0124. The lowest BCUT2D eigenvalue weighted by atomic mass is 9.69. The first-order valence-electron chi connectivity index (χ1n) is 11.7. The molecule has 184 valence electrons. The van der Waals surface area contributed by atoms with Gasteiger partial charge in [0.05, 0.1) is 20.3 Å². The third-order valence-electron chi connectivity index (χ3n) is 6.59. The van der Waals surface area contributed by atoms with E-state index in [-0.39, 0.29) is 29.3 Å². The number of aromatic hydroxyl groups is 1. The third-order valence-corrected chi connectivity index (χ3v) is 6.59. The molecule has 1 aliphatic carbocycles. The Morgan fingerprint density at radius 2 is 1.74 bits per heavy atom. The van der Waals surface area contributed by atoms with Gasteiger partial charge in [0.25, 0.3) is 0 Å². The quantitative estimate of drug-likeness (QED) is 0.588. The number of carbonyl (C=O) groups is 2. The zero-order chi connectivity index (χ0) is 25.3. The molecule has 0 amide bonds. The van der Waals surface area contributed by atoms with E-state index in [9.17, 15) is 14.7 Å². The van der Waals surface area contributed by atoms with Crippen molar-refractivity contribution in [2.75, 3.05) is 14.2 Å². The zero-order valence-electron chi connectivity index (χ0n) is 20.5. The number of ketones is 1. The van der Waals surface area contributed by atoms with E-state index in [0.717, 1.165) is 17.0 Å². The Bertz CT molecular complexity index is 1180. The fourth-order valence-corrected chi connectivity index (χ4v) is 4.99. The molecule has 4 rings (SSSR count). The molecule has 1 aliphatic heterocycles. The maximum Gasteiger partial charge on any atom is 0.316 e. The molecule has 0 bridgehead atoms. The summed E-state index contributed by atoms with van der Waals surface area (Å²) >= 11 is 0. The van der Waals surface area contributed by atoms with Crippen molar-refractivity contribution in [2.24, 2.45) is 5.92 Å². The molecule has 0 fully saturated rings. The number of benzene rings is 2. The zero-order valence-corrected chi connectivity index (χ0v) is 20.5. The summed E-state index contributed by atoms with van der Waals surface area (Å²) in [5.74, 6) is -0.902. The SMILES string of the molecule is C=C1NC2=C(C(=O)CC(c3ccc(OC)cc3)C2)C(c2ccc(O)c(OC)c2)C1C(=O)OC(C)C. The molecule has 0 spiro atoms. The molecule has 2 N–H and O–H groups in total. The van der Waals surface area contributed by atoms with E-state index in [2.05, 4.69) is 11.9 Å². The number of hydrogen-bond donors (Lipinski definition) is 2. The number of Topliss-reactive ketones (excluding diaryl/α,β-unsaturated/α-hetero) is 1. The van der Waals surface area contributed by atoms with Crippen LogP contribution in [0.1, 0.15) is 49.7 Å². The van der Waals surface area contributed by atoms with Gasteiger partial charge in [-0.3, -0.25) is 9.59 Å². The molecular formula is C28H31NO6. The van der Waals surface area contributed by atoms with Gasteiger partial charge in [0.2, 0.25) is 0 Å². The maximum absolute atomic E-state index is 13.7. The molecule has 1 heterocycles. The number of esters is 1. The molecule has 2 aromatic rings. The predicted molar refractivity (Wildman–Crippen MR) is 131 cm³/mol. The number of methoxy groups -OCH3 is 2. The first-order chi connectivity index (χ1) is 16.7. The molecule has 0 saturated carbocycles. The normalized spacial score (nSPS) is 21.9. The Balaban J connectivity index is 1.79. The molecule has 3 unspecified atom stereocenters. The average molecular weight is 478 g/mol. The number of carbonyl (C=O) groups excluding carboxylic acids is 2. The van der Waals surface area contributed by atoms with Crippen LogP contribution < -0.4 is 14.8 Å². The fraction of sp³-hybridized carbons (Fsp3) is 0.357. The van der Waals surface area contributed by atoms with Crippen LogP contribution in [0, 0.1) is 5.92 Å². The van der Waals surface area contributed by atoms with Gasteiger partial charge in [0, 0.05) is 29.3 Å². The minimum atomic E-state index is -0.799. The number of ether oxygens (including phenoxy) is 3. The predicted octanol–water partition coefficient (Wildman–Crippen LogP) is 4.58. The van der Waals surface area contributed by atoms with Gasteiger partial charge in [-0.1, -0.05) is 24.8 Å². The van der Waals surface area contributed by atoms with Gasteiger partial charge in [-0.05, 0) is 61.6 Å². The van der Waals surface area contributed by atoms with Gasteiger partial charge < -0.3 is 24.6 Å². The van der Waals surface area contributed by atoms with Crippen LogP contribution in [0.4, 0.5) is 0 Å². The maximum atomic E-state index is 13.7. The first kappa shape index (κ1) is 24.4. The summed E-state index contributed by atoms with van der Waals surface area (Å²) in [5, 5.41) is 13.4. The topological polar surface area (TPSA) is 94.1 Å². The van der Waals surface area contributed by atoms with Gasteiger partial charge in [0.1, 0.15) is 11.7 Å². The summed E-state index contributed by atoms with van der Waals surface area (Å²) in [6.45, 7) is 7.71. The molecule has 35 heavy (non-hydrogen) atoms. The summed E-state index contributed by atoms with van der Waals surface area (Å²) in [4.78, 5) is 26.9. The smallest absolute Gasteiger partial charge is 0.316 e. The molecule has 7 nitrogen and oxygen atoms in total. The van der Waals surface area contributed by atoms with Crippen LogP contribution >= 0.6 is 0 Å². The fourth-order valence-electron chi connectivity index (χ4n) is 4.99. The van der Waals surface area contributed by atoms with Crippen molar-refractivity contribution in [3.8, 4) is 17.2 Å². The van der Waals surface area contributed by atoms with Gasteiger partial charge in [-0.15, -0.1) is 0 Å². The number of rotatable bonds is 6. The van der Waals surface area contributed by atoms with E-state index in [4.69, 9.17) is 14.2 Å². The molecule has 2 aromatic carbocycles. The van der Waals surface area contributed by atoms with E-state index >= 15 is 0 Å². The number of allylic oxidation sites excluding steroid dienone is 2. The molecule has 0 saturated heterocycles. The van der Waals surface area contributed by atoms with Crippen molar-refractivity contribution >= 4 is 11.8 Å². The molecule has 7 heteroatoms. The number of nitrogens with one attached hydrogen (secondary N) is 1. The van der Waals surface area contributed by atoms with Crippen molar-refractivity contribution in [1.29, 1.82) is 0 Å². The highest BCUT2D eigenvalue weighted by Gasteiger charge is 2.45. The van der Waals surface area contributed by atoms with Crippen LogP contribution in [-0.4, -0.2) is 37.2 Å². The Morgan fingerprint density at radius 3 is 2.37 bits per heavy atom. The molecule has 3 atom stereocenters. The van der Waals surface area contributed by atoms with Crippen molar-refractivity contribution in [1.82, 2.24) is 5.32 Å². The monoisotopic (exact) mass is 477 g/mol. The Labute approximate surface area is 205 Å². The van der Waals surface area contributed by atoms with Crippen LogP contribution in [-0.2, 0) is 14.3 Å². The van der Waals surface area contributed by atoms with E-state index in [1.165, 1.54) is 13.2 Å². The number of phenols is 1. The van der Waals surface area contributed by atoms with E-state index in [0.29, 0.717) is 29.7 Å².